The van der Waals surface area contributed by atoms with Crippen molar-refractivity contribution in [1.82, 2.24) is 4.57 Å². The van der Waals surface area contributed by atoms with Gasteiger partial charge < -0.3 is 9.30 Å². The zero-order valence-corrected chi connectivity index (χ0v) is 13.8. The van der Waals surface area contributed by atoms with Gasteiger partial charge in [0.25, 0.3) is 0 Å². The molecule has 1 aromatic carbocycles. The van der Waals surface area contributed by atoms with E-state index in [1.807, 2.05) is 6.92 Å². The van der Waals surface area contributed by atoms with Crippen LogP contribution in [0.1, 0.15) is 30.9 Å². The number of carbonyl (C=O) groups is 1. The van der Waals surface area contributed by atoms with Crippen LogP contribution in [-0.4, -0.2) is 16.3 Å². The molecule has 1 saturated carbocycles. The van der Waals surface area contributed by atoms with Gasteiger partial charge in [-0.15, -0.1) is 0 Å². The number of hydrogen-bond acceptors (Lipinski definition) is 2. The number of benzene rings is 1. The van der Waals surface area contributed by atoms with Gasteiger partial charge in [-0.1, -0.05) is 12.1 Å². The highest BCUT2D eigenvalue weighted by molar-refractivity contribution is 5.69. The van der Waals surface area contributed by atoms with E-state index in [1.165, 1.54) is 16.7 Å². The zero-order chi connectivity index (χ0) is 18.2. The normalized spacial score (nSPS) is 16.6. The fourth-order valence-corrected chi connectivity index (χ4v) is 2.33. The second-order valence-electron chi connectivity index (χ2n) is 6.41. The van der Waals surface area contributed by atoms with Crippen LogP contribution in [0.4, 0.5) is 18.0 Å². The summed E-state index contributed by atoms with van der Waals surface area (Å²) < 4.78 is 45.6. The van der Waals surface area contributed by atoms with E-state index < -0.39 is 23.4 Å². The largest absolute Gasteiger partial charge is 0.442 e. The lowest BCUT2D eigenvalue weighted by atomic mass is 10.2. The van der Waals surface area contributed by atoms with Gasteiger partial charge in [-0.2, -0.15) is 18.2 Å². The van der Waals surface area contributed by atoms with E-state index in [9.17, 15) is 18.0 Å². The molecule has 1 aliphatic carbocycles. The Hall–Kier alpha value is -2.57. The Kier molecular flexibility index (Phi) is 4.18. The van der Waals surface area contributed by atoms with Crippen LogP contribution in [0.25, 0.3) is 5.69 Å². The number of hydrogen-bond donors (Lipinski definition) is 0. The number of halogens is 3. The van der Waals surface area contributed by atoms with Crippen molar-refractivity contribution in [3.8, 4) is 5.69 Å². The summed E-state index contributed by atoms with van der Waals surface area (Å²) in [6.45, 7) is 3.62. The number of alkyl halides is 3. The van der Waals surface area contributed by atoms with Gasteiger partial charge in [0, 0.05) is 11.9 Å². The third-order valence-corrected chi connectivity index (χ3v) is 4.02. The molecule has 25 heavy (non-hydrogen) atoms. The number of aromatic nitrogens is 1. The number of aryl methyl sites for hydroxylation is 1. The Morgan fingerprint density at radius 2 is 1.96 bits per heavy atom. The molecule has 0 saturated heterocycles. The Labute approximate surface area is 142 Å². The lowest BCUT2D eigenvalue weighted by Gasteiger charge is -2.13. The van der Waals surface area contributed by atoms with Gasteiger partial charge in [0.2, 0.25) is 0 Å². The molecule has 1 aromatic heterocycles. The lowest BCUT2D eigenvalue weighted by molar-refractivity contribution is -0.137. The van der Waals surface area contributed by atoms with Crippen molar-refractivity contribution in [2.45, 2.75) is 38.5 Å². The number of nitrogens with zero attached hydrogens (tertiary/aromatic N) is 2. The Balaban J connectivity index is 2.04. The molecular formula is C18H17F3N2O2. The average Bonchev–Trinajstić information content (AvgIpc) is 3.25. The van der Waals surface area contributed by atoms with Crippen molar-refractivity contribution in [3.63, 3.8) is 0 Å². The molecule has 1 heterocycles. The maximum atomic E-state index is 13.0. The summed E-state index contributed by atoms with van der Waals surface area (Å²) >= 11 is 0. The van der Waals surface area contributed by atoms with Crippen molar-refractivity contribution in [1.29, 1.82) is 0 Å². The van der Waals surface area contributed by atoms with Crippen molar-refractivity contribution < 1.29 is 22.7 Å². The summed E-state index contributed by atoms with van der Waals surface area (Å²) in [7, 11) is 0. The predicted octanol–water partition coefficient (Wildman–Crippen LogP) is 4.39. The van der Waals surface area contributed by atoms with Crippen LogP contribution < -0.4 is 5.49 Å². The first-order valence-electron chi connectivity index (χ1n) is 7.81. The monoisotopic (exact) mass is 350 g/mol. The van der Waals surface area contributed by atoms with E-state index >= 15 is 0 Å². The van der Waals surface area contributed by atoms with Crippen molar-refractivity contribution >= 4 is 6.09 Å². The van der Waals surface area contributed by atoms with E-state index in [1.54, 1.807) is 25.3 Å². The van der Waals surface area contributed by atoms with Gasteiger partial charge in [0.15, 0.2) is 0 Å². The summed E-state index contributed by atoms with van der Waals surface area (Å²) in [6.07, 6.45) is -1.99. The maximum Gasteiger partial charge on any atom is 0.436 e. The van der Waals surface area contributed by atoms with Gasteiger partial charge in [0.1, 0.15) is 11.1 Å². The fourth-order valence-electron chi connectivity index (χ4n) is 2.33. The van der Waals surface area contributed by atoms with Crippen LogP contribution in [-0.2, 0) is 10.9 Å². The minimum atomic E-state index is -4.45. The standard InChI is InChI=1S/C18H17F3N2O2/c1-12-6-7-15(22-16(24)25-17(2)8-9-17)23(11-12)14-5-3-4-13(10-14)18(19,20)21/h3-7,10-11H,8-9H2,1-2H3. The van der Waals surface area contributed by atoms with Crippen LogP contribution in [0, 0.1) is 6.92 Å². The minimum Gasteiger partial charge on any atom is -0.442 e. The van der Waals surface area contributed by atoms with Gasteiger partial charge in [0.05, 0.1) is 5.56 Å². The summed E-state index contributed by atoms with van der Waals surface area (Å²) in [4.78, 5) is 15.9. The highest BCUT2D eigenvalue weighted by atomic mass is 19.4. The lowest BCUT2D eigenvalue weighted by Crippen LogP contribution is -2.23. The van der Waals surface area contributed by atoms with Gasteiger partial charge in [-0.25, -0.2) is 4.79 Å². The third kappa shape index (κ3) is 4.10. The summed E-state index contributed by atoms with van der Waals surface area (Å²) in [6, 6.07) is 8.17. The number of pyridine rings is 1. The molecule has 3 rings (SSSR count). The van der Waals surface area contributed by atoms with E-state index in [2.05, 4.69) is 4.99 Å². The molecule has 4 nitrogen and oxygen atoms in total. The molecule has 1 aliphatic rings. The molecule has 132 valence electrons. The molecule has 7 heteroatoms. The van der Waals surface area contributed by atoms with Gasteiger partial charge in [-0.3, -0.25) is 0 Å². The maximum absolute atomic E-state index is 13.0. The van der Waals surface area contributed by atoms with Crippen molar-refractivity contribution in [2.75, 3.05) is 0 Å². The summed E-state index contributed by atoms with van der Waals surface area (Å²) in [5.74, 6) is 0. The number of rotatable bonds is 2. The first-order chi connectivity index (χ1) is 11.7. The van der Waals surface area contributed by atoms with Crippen LogP contribution in [0.2, 0.25) is 0 Å². The zero-order valence-electron chi connectivity index (χ0n) is 13.8. The first-order valence-corrected chi connectivity index (χ1v) is 7.81. The van der Waals surface area contributed by atoms with Crippen LogP contribution in [0.3, 0.4) is 0 Å². The molecule has 0 atom stereocenters. The summed E-state index contributed by atoms with van der Waals surface area (Å²) in [5, 5.41) is 0. The molecule has 1 fully saturated rings. The van der Waals surface area contributed by atoms with Crippen molar-refractivity contribution in [2.24, 2.45) is 4.99 Å². The molecule has 0 spiro atoms. The highest BCUT2D eigenvalue weighted by Crippen LogP contribution is 2.38. The molecule has 0 aliphatic heterocycles. The average molecular weight is 350 g/mol. The minimum absolute atomic E-state index is 0.208. The van der Waals surface area contributed by atoms with Crippen LogP contribution in [0.5, 0.6) is 0 Å². The van der Waals surface area contributed by atoms with Crippen molar-refractivity contribution in [3.05, 3.63) is 59.2 Å². The number of carbonyl (C=O) groups excluding carboxylic acids is 1. The van der Waals surface area contributed by atoms with Crippen LogP contribution in [0.15, 0.2) is 47.6 Å². The van der Waals surface area contributed by atoms with Gasteiger partial charge >= 0.3 is 12.3 Å². The Morgan fingerprint density at radius 3 is 2.60 bits per heavy atom. The Morgan fingerprint density at radius 1 is 1.24 bits per heavy atom. The number of amides is 1. The smallest absolute Gasteiger partial charge is 0.436 e. The number of ether oxygens (including phenoxy) is 1. The second-order valence-corrected chi connectivity index (χ2v) is 6.41. The Bertz CT molecular complexity index is 880. The molecule has 0 radical (unpaired) electrons. The SMILES string of the molecule is Cc1ccc(=NC(=O)OC2(C)CC2)n(-c2cccc(C(F)(F)F)c2)c1. The molecule has 0 bridgehead atoms. The first kappa shape index (κ1) is 17.3. The topological polar surface area (TPSA) is 43.6 Å². The predicted molar refractivity (Wildman–Crippen MR) is 85.2 cm³/mol. The quantitative estimate of drug-likeness (QED) is 0.806. The molecule has 1 amide bonds. The highest BCUT2D eigenvalue weighted by Gasteiger charge is 2.41. The van der Waals surface area contributed by atoms with E-state index in [0.29, 0.717) is 0 Å². The van der Waals surface area contributed by atoms with E-state index in [4.69, 9.17) is 4.74 Å². The fraction of sp³-hybridized carbons (Fsp3) is 0.333. The molecule has 0 unspecified atom stereocenters. The van der Waals surface area contributed by atoms with Gasteiger partial charge in [-0.05, 0) is 56.5 Å². The summed E-state index contributed by atoms with van der Waals surface area (Å²) in [5.41, 5.74) is 0.0607. The molecule has 2 aromatic rings. The van der Waals surface area contributed by atoms with Crippen LogP contribution >= 0.6 is 0 Å². The van der Waals surface area contributed by atoms with E-state index in [0.717, 1.165) is 30.5 Å². The molecule has 0 N–H and O–H groups in total. The second kappa shape index (κ2) is 6.06. The van der Waals surface area contributed by atoms with E-state index in [-0.39, 0.29) is 11.2 Å². The third-order valence-electron chi connectivity index (χ3n) is 4.02. The molecular weight excluding hydrogens is 333 g/mol.